The summed E-state index contributed by atoms with van der Waals surface area (Å²) in [6.07, 6.45) is -0.245. The van der Waals surface area contributed by atoms with Gasteiger partial charge in [0.2, 0.25) is 0 Å². The van der Waals surface area contributed by atoms with E-state index in [2.05, 4.69) is 4.74 Å². The van der Waals surface area contributed by atoms with Gasteiger partial charge in [0.25, 0.3) is 10.1 Å². The van der Waals surface area contributed by atoms with E-state index in [0.717, 1.165) is 0 Å². The SMILES string of the molecule is N.O=S(=O)(O)CC1CO1. The molecule has 0 aromatic heterocycles. The van der Waals surface area contributed by atoms with Crippen molar-refractivity contribution in [2.24, 2.45) is 0 Å². The highest BCUT2D eigenvalue weighted by atomic mass is 32.2. The monoisotopic (exact) mass is 155 g/mol. The molecule has 1 saturated heterocycles. The van der Waals surface area contributed by atoms with Gasteiger partial charge in [0, 0.05) is 0 Å². The predicted octanol–water partition coefficient (Wildman–Crippen LogP) is -0.565. The molecular weight excluding hydrogens is 146 g/mol. The molecule has 0 saturated carbocycles. The minimum atomic E-state index is -3.79. The van der Waals surface area contributed by atoms with Gasteiger partial charge in [-0.05, 0) is 0 Å². The second kappa shape index (κ2) is 2.61. The number of epoxide rings is 1. The largest absolute Gasteiger partial charge is 0.372 e. The van der Waals surface area contributed by atoms with Crippen LogP contribution in [0.25, 0.3) is 0 Å². The van der Waals surface area contributed by atoms with Gasteiger partial charge < -0.3 is 10.9 Å². The molecule has 6 heteroatoms. The Bertz CT molecular complexity index is 170. The van der Waals surface area contributed by atoms with Crippen molar-refractivity contribution in [3.05, 3.63) is 0 Å². The third-order valence-electron chi connectivity index (χ3n) is 0.799. The van der Waals surface area contributed by atoms with Gasteiger partial charge in [-0.3, -0.25) is 4.55 Å². The highest BCUT2D eigenvalue weighted by Gasteiger charge is 2.27. The highest BCUT2D eigenvalue weighted by molar-refractivity contribution is 7.85. The Kier molecular flexibility index (Phi) is 2.56. The van der Waals surface area contributed by atoms with Crippen LogP contribution < -0.4 is 6.15 Å². The molecule has 1 rings (SSSR count). The number of ether oxygens (including phenoxy) is 1. The Hall–Kier alpha value is -0.170. The zero-order valence-electron chi connectivity index (χ0n) is 4.78. The van der Waals surface area contributed by atoms with Crippen LogP contribution in [0.3, 0.4) is 0 Å². The Morgan fingerprint density at radius 1 is 1.67 bits per heavy atom. The maximum absolute atomic E-state index is 9.96. The smallest absolute Gasteiger partial charge is 0.267 e. The third kappa shape index (κ3) is 4.34. The molecule has 1 unspecified atom stereocenters. The molecule has 0 aliphatic carbocycles. The lowest BCUT2D eigenvalue weighted by molar-refractivity contribution is 0.413. The van der Waals surface area contributed by atoms with Crippen LogP contribution in [0.2, 0.25) is 0 Å². The second-order valence-corrected chi connectivity index (χ2v) is 3.20. The molecule has 5 nitrogen and oxygen atoms in total. The van der Waals surface area contributed by atoms with E-state index >= 15 is 0 Å². The van der Waals surface area contributed by atoms with E-state index in [1.54, 1.807) is 0 Å². The van der Waals surface area contributed by atoms with E-state index < -0.39 is 10.1 Å². The quantitative estimate of drug-likeness (QED) is 0.411. The van der Waals surface area contributed by atoms with Crippen LogP contribution in [0.15, 0.2) is 0 Å². The Balaban J connectivity index is 0.000000640. The van der Waals surface area contributed by atoms with Crippen molar-refractivity contribution in [3.63, 3.8) is 0 Å². The lowest BCUT2D eigenvalue weighted by Gasteiger charge is -1.86. The summed E-state index contributed by atoms with van der Waals surface area (Å²) in [5.74, 6) is -0.257. The van der Waals surface area contributed by atoms with Gasteiger partial charge in [0.05, 0.1) is 12.7 Å². The standard InChI is InChI=1S/C3H6O4S.H3N/c4-8(5,6)2-3-1-7-3;/h3H,1-2H2,(H,4,5,6);1H3. The first-order chi connectivity index (χ1) is 3.58. The third-order valence-corrected chi connectivity index (χ3v) is 1.59. The van der Waals surface area contributed by atoms with Gasteiger partial charge in [-0.2, -0.15) is 8.42 Å². The van der Waals surface area contributed by atoms with Gasteiger partial charge in [-0.25, -0.2) is 0 Å². The Morgan fingerprint density at radius 2 is 2.11 bits per heavy atom. The predicted molar refractivity (Wildman–Crippen MR) is 31.2 cm³/mol. The molecule has 4 N–H and O–H groups in total. The Labute approximate surface area is 53.3 Å². The van der Waals surface area contributed by atoms with Crippen LogP contribution in [0.5, 0.6) is 0 Å². The molecule has 1 aliphatic rings. The first-order valence-electron chi connectivity index (χ1n) is 2.15. The van der Waals surface area contributed by atoms with Crippen LogP contribution in [-0.2, 0) is 14.9 Å². The van der Waals surface area contributed by atoms with Crippen LogP contribution in [0.1, 0.15) is 0 Å². The maximum atomic E-state index is 9.96. The van der Waals surface area contributed by atoms with Gasteiger partial charge in [0.1, 0.15) is 5.75 Å². The number of rotatable bonds is 2. The average molecular weight is 155 g/mol. The molecule has 0 bridgehead atoms. The summed E-state index contributed by atoms with van der Waals surface area (Å²) in [5.41, 5.74) is 0. The number of hydrogen-bond acceptors (Lipinski definition) is 4. The molecule has 1 heterocycles. The van der Waals surface area contributed by atoms with Crippen LogP contribution in [0, 0.1) is 0 Å². The molecule has 1 atom stereocenters. The van der Waals surface area contributed by atoms with Crippen molar-refractivity contribution < 1.29 is 17.7 Å². The fraction of sp³-hybridized carbons (Fsp3) is 1.00. The molecule has 56 valence electrons. The molecule has 0 radical (unpaired) electrons. The highest BCUT2D eigenvalue weighted by Crippen LogP contribution is 2.09. The topological polar surface area (TPSA) is 102 Å². The van der Waals surface area contributed by atoms with Crippen LogP contribution in [0.4, 0.5) is 0 Å². The lowest BCUT2D eigenvalue weighted by Crippen LogP contribution is -2.08. The van der Waals surface area contributed by atoms with E-state index in [-0.39, 0.29) is 18.0 Å². The van der Waals surface area contributed by atoms with E-state index in [9.17, 15) is 8.42 Å². The molecule has 1 fully saturated rings. The summed E-state index contributed by atoms with van der Waals surface area (Å²) in [4.78, 5) is 0. The molecule has 1 aliphatic heterocycles. The first kappa shape index (κ1) is 8.83. The van der Waals surface area contributed by atoms with Crippen LogP contribution in [-0.4, -0.2) is 31.4 Å². The van der Waals surface area contributed by atoms with Gasteiger partial charge >= 0.3 is 0 Å². The summed E-state index contributed by atoms with van der Waals surface area (Å²) in [6, 6.07) is 0. The zero-order chi connectivity index (χ0) is 6.20. The molecular formula is C3H9NO4S. The summed E-state index contributed by atoms with van der Waals surface area (Å²) in [6.45, 7) is 0.458. The molecule has 9 heavy (non-hydrogen) atoms. The molecule has 0 aromatic carbocycles. The summed E-state index contributed by atoms with van der Waals surface area (Å²) < 4.78 is 32.6. The fourth-order valence-electron chi connectivity index (χ4n) is 0.399. The molecule has 0 spiro atoms. The lowest BCUT2D eigenvalue weighted by atomic mass is 10.6. The van der Waals surface area contributed by atoms with Gasteiger partial charge in [0.15, 0.2) is 0 Å². The zero-order valence-corrected chi connectivity index (χ0v) is 5.60. The minimum absolute atomic E-state index is 0. The van der Waals surface area contributed by atoms with E-state index in [1.807, 2.05) is 0 Å². The van der Waals surface area contributed by atoms with Gasteiger partial charge in [-0.15, -0.1) is 0 Å². The van der Waals surface area contributed by atoms with Crippen molar-refractivity contribution in [2.45, 2.75) is 6.10 Å². The average Bonchev–Trinajstić information content (AvgIpc) is 2.12. The fourth-order valence-corrected chi connectivity index (χ4v) is 1.06. The van der Waals surface area contributed by atoms with Crippen molar-refractivity contribution in [1.29, 1.82) is 0 Å². The van der Waals surface area contributed by atoms with Crippen molar-refractivity contribution in [3.8, 4) is 0 Å². The summed E-state index contributed by atoms with van der Waals surface area (Å²) >= 11 is 0. The van der Waals surface area contributed by atoms with Crippen LogP contribution >= 0.6 is 0 Å². The normalized spacial score (nSPS) is 24.8. The van der Waals surface area contributed by atoms with Gasteiger partial charge in [-0.1, -0.05) is 0 Å². The maximum Gasteiger partial charge on any atom is 0.267 e. The second-order valence-electron chi connectivity index (χ2n) is 1.70. The van der Waals surface area contributed by atoms with Crippen molar-refractivity contribution >= 4 is 10.1 Å². The molecule has 0 aromatic rings. The summed E-state index contributed by atoms with van der Waals surface area (Å²) in [7, 11) is -3.79. The Morgan fingerprint density at radius 3 is 2.22 bits per heavy atom. The van der Waals surface area contributed by atoms with Crippen molar-refractivity contribution in [1.82, 2.24) is 6.15 Å². The number of hydrogen-bond donors (Lipinski definition) is 2. The minimum Gasteiger partial charge on any atom is -0.372 e. The van der Waals surface area contributed by atoms with E-state index in [1.165, 1.54) is 0 Å². The van der Waals surface area contributed by atoms with Crippen molar-refractivity contribution in [2.75, 3.05) is 12.4 Å². The van der Waals surface area contributed by atoms with E-state index in [0.29, 0.717) is 6.61 Å². The summed E-state index contributed by atoms with van der Waals surface area (Å²) in [5, 5.41) is 0. The van der Waals surface area contributed by atoms with E-state index in [4.69, 9.17) is 4.55 Å². The first-order valence-corrected chi connectivity index (χ1v) is 3.75. The molecule has 0 amide bonds.